The molecule has 0 bridgehead atoms. The third kappa shape index (κ3) is 3.66. The zero-order valence-corrected chi connectivity index (χ0v) is 18.7. The Hall–Kier alpha value is -2.96. The molecule has 31 heavy (non-hydrogen) atoms. The zero-order valence-electron chi connectivity index (χ0n) is 18.7. The second-order valence-corrected chi connectivity index (χ2v) is 8.55. The number of piperazine rings is 1. The maximum Gasteiger partial charge on any atom is 0.146 e. The summed E-state index contributed by atoms with van der Waals surface area (Å²) in [7, 11) is 3.88. The predicted molar refractivity (Wildman–Crippen MR) is 125 cm³/mol. The van der Waals surface area contributed by atoms with Gasteiger partial charge in [0.2, 0.25) is 0 Å². The topological polar surface area (TPSA) is 45.9 Å². The Labute approximate surface area is 183 Å². The number of ether oxygens (including phenoxy) is 1. The number of hydrogen-bond acceptors (Lipinski definition) is 5. The number of fused-ring (bicyclic) bond motifs is 3. The molecule has 160 valence electrons. The number of nitrogens with zero attached hydrogens (tertiary/aromatic N) is 5. The molecule has 1 aromatic carbocycles. The summed E-state index contributed by atoms with van der Waals surface area (Å²) in [5, 5.41) is 1.13. The molecule has 3 aromatic heterocycles. The largest absolute Gasteiger partial charge is 0.497 e. The van der Waals surface area contributed by atoms with Crippen LogP contribution in [0.25, 0.3) is 27.9 Å². The Balaban J connectivity index is 1.66. The third-order valence-electron chi connectivity index (χ3n) is 6.35. The van der Waals surface area contributed by atoms with E-state index in [2.05, 4.69) is 59.4 Å². The molecule has 1 fully saturated rings. The van der Waals surface area contributed by atoms with Gasteiger partial charge < -0.3 is 9.64 Å². The lowest BCUT2D eigenvalue weighted by Crippen LogP contribution is -2.44. The van der Waals surface area contributed by atoms with Gasteiger partial charge in [-0.15, -0.1) is 0 Å². The Bertz CT molecular complexity index is 1250. The average molecular weight is 416 g/mol. The lowest BCUT2D eigenvalue weighted by Gasteiger charge is -2.32. The molecule has 6 heteroatoms. The highest BCUT2D eigenvalue weighted by Gasteiger charge is 2.20. The molecule has 1 aliphatic heterocycles. The smallest absolute Gasteiger partial charge is 0.146 e. The average Bonchev–Trinajstić information content (AvgIpc) is 3.12. The van der Waals surface area contributed by atoms with Gasteiger partial charge in [0.1, 0.15) is 17.0 Å². The molecule has 0 amide bonds. The van der Waals surface area contributed by atoms with Gasteiger partial charge in [-0.25, -0.2) is 9.97 Å². The number of imidazole rings is 1. The van der Waals surface area contributed by atoms with Crippen molar-refractivity contribution in [2.24, 2.45) is 0 Å². The first-order valence-electron chi connectivity index (χ1n) is 10.9. The van der Waals surface area contributed by atoms with Gasteiger partial charge >= 0.3 is 0 Å². The Morgan fingerprint density at radius 3 is 2.52 bits per heavy atom. The fraction of sp³-hybridized carbons (Fsp3) is 0.360. The summed E-state index contributed by atoms with van der Waals surface area (Å²) < 4.78 is 7.69. The quantitative estimate of drug-likeness (QED) is 0.506. The Morgan fingerprint density at radius 1 is 0.935 bits per heavy atom. The molecule has 0 N–H and O–H groups in total. The first-order chi connectivity index (χ1) is 15.0. The predicted octanol–water partition coefficient (Wildman–Crippen LogP) is 3.92. The van der Waals surface area contributed by atoms with E-state index in [1.54, 1.807) is 7.11 Å². The van der Waals surface area contributed by atoms with E-state index in [9.17, 15) is 0 Å². The minimum atomic E-state index is 0.836. The summed E-state index contributed by atoms with van der Waals surface area (Å²) in [5.74, 6) is 0.836. The molecule has 4 heterocycles. The number of aromatic nitrogens is 3. The molecule has 1 aliphatic rings. The lowest BCUT2D eigenvalue weighted by atomic mass is 10.1. The number of hydrogen-bond donors (Lipinski definition) is 0. The maximum atomic E-state index is 5.41. The van der Waals surface area contributed by atoms with Crippen LogP contribution < -0.4 is 4.74 Å². The van der Waals surface area contributed by atoms with Crippen molar-refractivity contribution in [3.63, 3.8) is 0 Å². The normalized spacial score (nSPS) is 15.7. The fourth-order valence-corrected chi connectivity index (χ4v) is 4.45. The maximum absolute atomic E-state index is 5.41. The van der Waals surface area contributed by atoms with Gasteiger partial charge in [0.05, 0.1) is 24.2 Å². The molecule has 6 nitrogen and oxygen atoms in total. The summed E-state index contributed by atoms with van der Waals surface area (Å²) in [6, 6.07) is 14.5. The van der Waals surface area contributed by atoms with Crippen LogP contribution in [0.3, 0.4) is 0 Å². The van der Waals surface area contributed by atoms with E-state index in [4.69, 9.17) is 14.7 Å². The van der Waals surface area contributed by atoms with Crippen LogP contribution in [-0.4, -0.2) is 64.5 Å². The summed E-state index contributed by atoms with van der Waals surface area (Å²) in [6.45, 7) is 9.52. The van der Waals surface area contributed by atoms with E-state index in [-0.39, 0.29) is 0 Å². The van der Waals surface area contributed by atoms with Gasteiger partial charge in [-0.05, 0) is 56.8 Å². The van der Waals surface area contributed by atoms with Crippen molar-refractivity contribution in [1.29, 1.82) is 0 Å². The SMILES string of the molecule is COc1cccc(-c2ccc3cc(C)c4nc(C)c(CN5CCN(C)CC5)n4c3n2)c1. The molecule has 5 rings (SSSR count). The Kier molecular flexibility index (Phi) is 5.12. The van der Waals surface area contributed by atoms with Crippen molar-refractivity contribution in [2.75, 3.05) is 40.3 Å². The second kappa shape index (κ2) is 7.94. The molecule has 0 unspecified atom stereocenters. The number of methoxy groups -OCH3 is 1. The summed E-state index contributed by atoms with van der Waals surface area (Å²) in [4.78, 5) is 15.0. The van der Waals surface area contributed by atoms with Crippen LogP contribution in [0.5, 0.6) is 5.75 Å². The van der Waals surface area contributed by atoms with Crippen LogP contribution in [0.1, 0.15) is 17.0 Å². The van der Waals surface area contributed by atoms with Crippen LogP contribution in [0.15, 0.2) is 42.5 Å². The minimum Gasteiger partial charge on any atom is -0.497 e. The number of benzene rings is 1. The van der Waals surface area contributed by atoms with Crippen molar-refractivity contribution in [2.45, 2.75) is 20.4 Å². The van der Waals surface area contributed by atoms with Crippen LogP contribution >= 0.6 is 0 Å². The molecule has 0 saturated carbocycles. The third-order valence-corrected chi connectivity index (χ3v) is 6.35. The summed E-state index contributed by atoms with van der Waals surface area (Å²) in [6.07, 6.45) is 0. The van der Waals surface area contributed by atoms with Crippen LogP contribution in [-0.2, 0) is 6.54 Å². The molecular formula is C25H29N5O. The van der Waals surface area contributed by atoms with Gasteiger partial charge in [0.15, 0.2) is 0 Å². The van der Waals surface area contributed by atoms with Crippen molar-refractivity contribution in [3.05, 3.63) is 59.4 Å². The molecule has 0 spiro atoms. The summed E-state index contributed by atoms with van der Waals surface area (Å²) in [5.41, 5.74) is 7.46. The van der Waals surface area contributed by atoms with Crippen molar-refractivity contribution >= 4 is 16.7 Å². The molecule has 4 aromatic rings. The van der Waals surface area contributed by atoms with Crippen LogP contribution in [0.4, 0.5) is 0 Å². The van der Waals surface area contributed by atoms with Gasteiger partial charge in [-0.2, -0.15) is 0 Å². The van der Waals surface area contributed by atoms with E-state index >= 15 is 0 Å². The van der Waals surface area contributed by atoms with Gasteiger partial charge in [-0.1, -0.05) is 12.1 Å². The van der Waals surface area contributed by atoms with Gasteiger partial charge in [0, 0.05) is 43.7 Å². The van der Waals surface area contributed by atoms with Crippen molar-refractivity contribution < 1.29 is 4.74 Å². The standard InChI is InChI=1S/C25H29N5O/c1-17-14-20-8-9-22(19-6-5-7-21(15-19)31-4)27-25(20)30-23(18(2)26-24(17)30)16-29-12-10-28(3)11-13-29/h5-9,14-15H,10-13,16H2,1-4H3. The zero-order chi connectivity index (χ0) is 21.5. The molecule has 1 saturated heterocycles. The highest BCUT2D eigenvalue weighted by molar-refractivity contribution is 5.83. The summed E-state index contributed by atoms with van der Waals surface area (Å²) >= 11 is 0. The van der Waals surface area contributed by atoms with E-state index in [1.807, 2.05) is 18.2 Å². The molecule has 0 atom stereocenters. The second-order valence-electron chi connectivity index (χ2n) is 8.55. The van der Waals surface area contributed by atoms with Crippen molar-refractivity contribution in [3.8, 4) is 17.0 Å². The lowest BCUT2D eigenvalue weighted by molar-refractivity contribution is 0.146. The number of aryl methyl sites for hydroxylation is 2. The minimum absolute atomic E-state index is 0.836. The number of rotatable bonds is 4. The first-order valence-corrected chi connectivity index (χ1v) is 10.9. The number of pyridine rings is 2. The highest BCUT2D eigenvalue weighted by atomic mass is 16.5. The van der Waals surface area contributed by atoms with Crippen molar-refractivity contribution in [1.82, 2.24) is 24.2 Å². The molecular weight excluding hydrogens is 386 g/mol. The van der Waals surface area contributed by atoms with Gasteiger partial charge in [0.25, 0.3) is 0 Å². The van der Waals surface area contributed by atoms with E-state index < -0.39 is 0 Å². The van der Waals surface area contributed by atoms with E-state index in [0.717, 1.165) is 72.1 Å². The van der Waals surface area contributed by atoms with E-state index in [1.165, 1.54) is 11.3 Å². The Morgan fingerprint density at radius 2 is 1.74 bits per heavy atom. The fourth-order valence-electron chi connectivity index (χ4n) is 4.45. The van der Waals surface area contributed by atoms with Crippen LogP contribution in [0.2, 0.25) is 0 Å². The highest BCUT2D eigenvalue weighted by Crippen LogP contribution is 2.28. The first kappa shape index (κ1) is 20.0. The van der Waals surface area contributed by atoms with E-state index in [0.29, 0.717) is 0 Å². The molecule has 0 radical (unpaired) electrons. The monoisotopic (exact) mass is 415 g/mol. The number of likely N-dealkylation sites (N-methyl/N-ethyl adjacent to an activating group) is 1. The van der Waals surface area contributed by atoms with Gasteiger partial charge in [-0.3, -0.25) is 9.30 Å². The van der Waals surface area contributed by atoms with Crippen LogP contribution in [0, 0.1) is 13.8 Å². The molecule has 0 aliphatic carbocycles.